The van der Waals surface area contributed by atoms with Crippen LogP contribution in [0.25, 0.3) is 0 Å². The van der Waals surface area contributed by atoms with Gasteiger partial charge in [0, 0.05) is 18.6 Å². The molecule has 0 spiro atoms. The fourth-order valence-electron chi connectivity index (χ4n) is 1.83. The Labute approximate surface area is 102 Å². The van der Waals surface area contributed by atoms with Crippen molar-refractivity contribution >= 4 is 16.2 Å². The third-order valence-corrected chi connectivity index (χ3v) is 5.12. The fraction of sp³-hybridized carbons (Fsp3) is 0.900. The van der Waals surface area contributed by atoms with Crippen molar-refractivity contribution < 1.29 is 18.3 Å². The minimum atomic E-state index is -3.60. The number of rotatable bonds is 6. The molecule has 1 fully saturated rings. The van der Waals surface area contributed by atoms with Crippen LogP contribution in [0.5, 0.6) is 0 Å². The number of hydrogen-bond donors (Lipinski definition) is 2. The molecule has 0 aromatic heterocycles. The lowest BCUT2D eigenvalue weighted by molar-refractivity contribution is -0.139. The summed E-state index contributed by atoms with van der Waals surface area (Å²) in [5.41, 5.74) is -0.784. The van der Waals surface area contributed by atoms with E-state index in [0.29, 0.717) is 12.8 Å². The third kappa shape index (κ3) is 3.40. The van der Waals surface area contributed by atoms with Crippen LogP contribution in [0.3, 0.4) is 0 Å². The van der Waals surface area contributed by atoms with Gasteiger partial charge < -0.3 is 5.11 Å². The van der Waals surface area contributed by atoms with Crippen molar-refractivity contribution in [1.82, 2.24) is 9.03 Å². The van der Waals surface area contributed by atoms with Crippen LogP contribution in [-0.2, 0) is 15.0 Å². The smallest absolute Gasteiger partial charge is 0.305 e. The summed E-state index contributed by atoms with van der Waals surface area (Å²) in [6.07, 6.45) is 1.88. The molecule has 6 nitrogen and oxygen atoms in total. The molecule has 1 aliphatic rings. The van der Waals surface area contributed by atoms with Gasteiger partial charge in [-0.05, 0) is 33.1 Å². The lowest BCUT2D eigenvalue weighted by atomic mass is 9.75. The Balaban J connectivity index is 2.78. The molecule has 17 heavy (non-hydrogen) atoms. The van der Waals surface area contributed by atoms with E-state index in [4.69, 9.17) is 5.11 Å². The van der Waals surface area contributed by atoms with Crippen LogP contribution in [0.1, 0.15) is 39.5 Å². The van der Waals surface area contributed by atoms with Crippen LogP contribution in [0.15, 0.2) is 0 Å². The molecular formula is C10H20N2O4S. The second-order valence-electron chi connectivity index (χ2n) is 4.92. The molecule has 0 bridgehead atoms. The topological polar surface area (TPSA) is 86.7 Å². The van der Waals surface area contributed by atoms with Crippen LogP contribution in [0.2, 0.25) is 0 Å². The summed E-state index contributed by atoms with van der Waals surface area (Å²) in [4.78, 5) is 10.7. The van der Waals surface area contributed by atoms with Crippen LogP contribution in [0.4, 0.5) is 0 Å². The predicted octanol–water partition coefficient (Wildman–Crippen LogP) is 0.558. The van der Waals surface area contributed by atoms with Crippen LogP contribution < -0.4 is 4.72 Å². The molecule has 100 valence electrons. The number of hydrogen-bond acceptors (Lipinski definition) is 3. The van der Waals surface area contributed by atoms with E-state index in [1.165, 1.54) is 11.4 Å². The molecule has 0 unspecified atom stereocenters. The zero-order valence-electron chi connectivity index (χ0n) is 10.4. The normalized spacial score (nSPS) is 19.4. The Kier molecular flexibility index (Phi) is 4.16. The molecule has 0 amide bonds. The largest absolute Gasteiger partial charge is 0.481 e. The van der Waals surface area contributed by atoms with E-state index < -0.39 is 21.7 Å². The summed E-state index contributed by atoms with van der Waals surface area (Å²) in [5.74, 6) is -0.973. The molecular weight excluding hydrogens is 244 g/mol. The van der Waals surface area contributed by atoms with Gasteiger partial charge in [-0.1, -0.05) is 0 Å². The molecule has 1 saturated carbocycles. The molecule has 1 rings (SSSR count). The first-order valence-corrected chi connectivity index (χ1v) is 7.11. The van der Waals surface area contributed by atoms with Gasteiger partial charge >= 0.3 is 5.97 Å². The molecule has 2 N–H and O–H groups in total. The number of aliphatic carboxylic acids is 1. The summed E-state index contributed by atoms with van der Waals surface area (Å²) in [6, 6.07) is -0.158. The Morgan fingerprint density at radius 1 is 1.47 bits per heavy atom. The molecule has 7 heteroatoms. The zero-order chi connectivity index (χ0) is 13.3. The van der Waals surface area contributed by atoms with E-state index in [1.807, 2.05) is 0 Å². The second kappa shape index (κ2) is 4.91. The summed E-state index contributed by atoms with van der Waals surface area (Å²) in [5, 5.41) is 8.81. The van der Waals surface area contributed by atoms with Crippen molar-refractivity contribution in [3.8, 4) is 0 Å². The SMILES string of the molecule is CC(C)N(C)S(=O)(=O)NC1(CC(=O)O)CCC1. The first kappa shape index (κ1) is 14.4. The average molecular weight is 264 g/mol. The van der Waals surface area contributed by atoms with Gasteiger partial charge in [-0.2, -0.15) is 17.4 Å². The van der Waals surface area contributed by atoms with E-state index in [2.05, 4.69) is 4.72 Å². The summed E-state index contributed by atoms with van der Waals surface area (Å²) in [6.45, 7) is 3.54. The quantitative estimate of drug-likeness (QED) is 0.734. The summed E-state index contributed by atoms with van der Waals surface area (Å²) >= 11 is 0. The standard InChI is InChI=1S/C10H20N2O4S/c1-8(2)12(3)17(15,16)11-10(5-4-6-10)7-9(13)14/h8,11H,4-7H2,1-3H3,(H,13,14). The first-order chi connectivity index (χ1) is 7.68. The summed E-state index contributed by atoms with van der Waals surface area (Å²) < 4.78 is 27.7. The molecule has 0 aliphatic heterocycles. The van der Waals surface area contributed by atoms with E-state index in [9.17, 15) is 13.2 Å². The van der Waals surface area contributed by atoms with Crippen molar-refractivity contribution in [2.75, 3.05) is 7.05 Å². The van der Waals surface area contributed by atoms with Gasteiger partial charge in [0.15, 0.2) is 0 Å². The Morgan fingerprint density at radius 3 is 2.29 bits per heavy atom. The van der Waals surface area contributed by atoms with Crippen molar-refractivity contribution in [3.63, 3.8) is 0 Å². The molecule has 0 aromatic rings. The van der Waals surface area contributed by atoms with E-state index in [1.54, 1.807) is 13.8 Å². The van der Waals surface area contributed by atoms with Crippen molar-refractivity contribution in [3.05, 3.63) is 0 Å². The number of carboxylic acid groups (broad SMARTS) is 1. The molecule has 0 radical (unpaired) electrons. The van der Waals surface area contributed by atoms with E-state index >= 15 is 0 Å². The lowest BCUT2D eigenvalue weighted by Gasteiger charge is -2.42. The highest BCUT2D eigenvalue weighted by molar-refractivity contribution is 7.87. The van der Waals surface area contributed by atoms with Crippen molar-refractivity contribution in [2.45, 2.75) is 51.1 Å². The van der Waals surface area contributed by atoms with Gasteiger partial charge in [-0.15, -0.1) is 0 Å². The monoisotopic (exact) mass is 264 g/mol. The van der Waals surface area contributed by atoms with E-state index in [-0.39, 0.29) is 12.5 Å². The van der Waals surface area contributed by atoms with E-state index in [0.717, 1.165) is 6.42 Å². The maximum atomic E-state index is 12.0. The lowest BCUT2D eigenvalue weighted by Crippen LogP contribution is -2.58. The van der Waals surface area contributed by atoms with Crippen LogP contribution in [-0.4, -0.2) is 42.4 Å². The predicted molar refractivity (Wildman–Crippen MR) is 63.8 cm³/mol. The molecule has 0 atom stereocenters. The zero-order valence-corrected chi connectivity index (χ0v) is 11.2. The maximum Gasteiger partial charge on any atom is 0.305 e. The molecule has 1 aliphatic carbocycles. The van der Waals surface area contributed by atoms with Crippen molar-refractivity contribution in [2.24, 2.45) is 0 Å². The van der Waals surface area contributed by atoms with Gasteiger partial charge in [-0.25, -0.2) is 0 Å². The Morgan fingerprint density at radius 2 is 2.00 bits per heavy atom. The highest BCUT2D eigenvalue weighted by Crippen LogP contribution is 2.35. The Bertz CT molecular complexity index is 387. The van der Waals surface area contributed by atoms with Crippen molar-refractivity contribution in [1.29, 1.82) is 0 Å². The minimum absolute atomic E-state index is 0.155. The van der Waals surface area contributed by atoms with Gasteiger partial charge in [0.25, 0.3) is 10.2 Å². The second-order valence-corrected chi connectivity index (χ2v) is 6.65. The van der Waals surface area contributed by atoms with Crippen LogP contribution >= 0.6 is 0 Å². The third-order valence-electron chi connectivity index (χ3n) is 3.25. The first-order valence-electron chi connectivity index (χ1n) is 5.67. The molecule has 0 aromatic carbocycles. The average Bonchev–Trinajstić information content (AvgIpc) is 2.11. The number of carboxylic acids is 1. The van der Waals surface area contributed by atoms with Gasteiger partial charge in [-0.3, -0.25) is 4.79 Å². The summed E-state index contributed by atoms with van der Waals surface area (Å²) in [7, 11) is -2.12. The van der Waals surface area contributed by atoms with Gasteiger partial charge in [0.2, 0.25) is 0 Å². The number of nitrogens with one attached hydrogen (secondary N) is 1. The van der Waals surface area contributed by atoms with Gasteiger partial charge in [0.05, 0.1) is 6.42 Å². The maximum absolute atomic E-state index is 12.0. The number of nitrogens with zero attached hydrogens (tertiary/aromatic N) is 1. The Hall–Kier alpha value is -0.660. The minimum Gasteiger partial charge on any atom is -0.481 e. The highest BCUT2D eigenvalue weighted by atomic mass is 32.2. The van der Waals surface area contributed by atoms with Gasteiger partial charge in [0.1, 0.15) is 0 Å². The number of carbonyl (C=O) groups is 1. The highest BCUT2D eigenvalue weighted by Gasteiger charge is 2.43. The van der Waals surface area contributed by atoms with Crippen LogP contribution in [0, 0.1) is 0 Å². The molecule has 0 heterocycles. The fourth-order valence-corrected chi connectivity index (χ4v) is 3.35. The molecule has 0 saturated heterocycles.